The van der Waals surface area contributed by atoms with Crippen LogP contribution in [0.25, 0.3) is 0 Å². The third-order valence-corrected chi connectivity index (χ3v) is 8.46. The van der Waals surface area contributed by atoms with Crippen LogP contribution in [0.1, 0.15) is 155 Å². The molecule has 0 aromatic carbocycles. The van der Waals surface area contributed by atoms with E-state index in [4.69, 9.17) is 24.8 Å². The number of carbonyl (C=O) groups excluding carboxylic acids is 2. The second-order valence-electron chi connectivity index (χ2n) is 12.0. The van der Waals surface area contributed by atoms with E-state index in [2.05, 4.69) is 30.5 Å². The molecule has 0 aromatic rings. The lowest BCUT2D eigenvalue weighted by Gasteiger charge is -2.20. The lowest BCUT2D eigenvalue weighted by Crippen LogP contribution is -2.34. The molecule has 270 valence electrons. The molecule has 0 aliphatic rings. The van der Waals surface area contributed by atoms with Crippen LogP contribution in [-0.4, -0.2) is 59.9 Å². The van der Waals surface area contributed by atoms with Crippen molar-refractivity contribution >= 4 is 25.7 Å². The van der Waals surface area contributed by atoms with E-state index in [0.29, 0.717) is 12.8 Å². The standard InChI is InChI=1S/C34H64NO10P/c1-3-5-7-9-10-11-12-13-14-15-16-17-18-19-20-21-22-24-26-33(37)45-30(27-42-32(36)25-23-8-6-4-2)28-43-46(40,41)44-29-31(35)34(38)39/h14-15,30-31H,3-13,16-29,35H2,1-2H3,(H,38,39)(H,40,41)/b15-14-. The normalized spacial score (nSPS) is 14.2. The van der Waals surface area contributed by atoms with Crippen LogP contribution < -0.4 is 5.73 Å². The summed E-state index contributed by atoms with van der Waals surface area (Å²) in [5, 5.41) is 8.80. The van der Waals surface area contributed by atoms with E-state index in [0.717, 1.165) is 44.9 Å². The van der Waals surface area contributed by atoms with Gasteiger partial charge in [0.05, 0.1) is 13.2 Å². The molecule has 3 unspecified atom stereocenters. The van der Waals surface area contributed by atoms with Gasteiger partial charge < -0.3 is 25.2 Å². The van der Waals surface area contributed by atoms with Crippen LogP contribution in [0.15, 0.2) is 12.2 Å². The molecule has 46 heavy (non-hydrogen) atoms. The van der Waals surface area contributed by atoms with E-state index in [-0.39, 0.29) is 19.4 Å². The lowest BCUT2D eigenvalue weighted by atomic mass is 10.1. The highest BCUT2D eigenvalue weighted by atomic mass is 31.2. The van der Waals surface area contributed by atoms with Crippen molar-refractivity contribution in [1.29, 1.82) is 0 Å². The van der Waals surface area contributed by atoms with E-state index >= 15 is 0 Å². The smallest absolute Gasteiger partial charge is 0.472 e. The third-order valence-electron chi connectivity index (χ3n) is 7.51. The van der Waals surface area contributed by atoms with E-state index in [9.17, 15) is 23.8 Å². The lowest BCUT2D eigenvalue weighted by molar-refractivity contribution is -0.161. The zero-order chi connectivity index (χ0) is 34.3. The van der Waals surface area contributed by atoms with Crippen molar-refractivity contribution < 1.29 is 47.5 Å². The molecule has 12 heteroatoms. The Morgan fingerprint density at radius 3 is 1.61 bits per heavy atom. The van der Waals surface area contributed by atoms with Crippen LogP contribution in [0, 0.1) is 0 Å². The van der Waals surface area contributed by atoms with Crippen LogP contribution in [0.2, 0.25) is 0 Å². The average molecular weight is 678 g/mol. The van der Waals surface area contributed by atoms with Gasteiger partial charge >= 0.3 is 25.7 Å². The molecule has 0 aromatic heterocycles. The van der Waals surface area contributed by atoms with Gasteiger partial charge in [0, 0.05) is 12.8 Å². The topological polar surface area (TPSA) is 172 Å². The van der Waals surface area contributed by atoms with Gasteiger partial charge in [0.25, 0.3) is 0 Å². The number of allylic oxidation sites excluding steroid dienone is 2. The van der Waals surface area contributed by atoms with Crippen molar-refractivity contribution in [2.75, 3.05) is 19.8 Å². The van der Waals surface area contributed by atoms with E-state index in [1.165, 1.54) is 70.6 Å². The first-order valence-corrected chi connectivity index (χ1v) is 19.2. The van der Waals surface area contributed by atoms with Gasteiger partial charge in [-0.05, 0) is 38.5 Å². The van der Waals surface area contributed by atoms with Gasteiger partial charge in [-0.2, -0.15) is 0 Å². The Kier molecular flexibility index (Phi) is 29.4. The van der Waals surface area contributed by atoms with Gasteiger partial charge in [-0.25, -0.2) is 4.57 Å². The number of rotatable bonds is 33. The van der Waals surface area contributed by atoms with Gasteiger partial charge in [-0.1, -0.05) is 116 Å². The molecule has 0 spiro atoms. The zero-order valence-corrected chi connectivity index (χ0v) is 29.6. The summed E-state index contributed by atoms with van der Waals surface area (Å²) < 4.78 is 32.2. The van der Waals surface area contributed by atoms with Gasteiger partial charge in [0.1, 0.15) is 12.6 Å². The summed E-state index contributed by atoms with van der Waals surface area (Å²) in [6.45, 7) is 2.63. The maximum Gasteiger partial charge on any atom is 0.472 e. The number of nitrogens with two attached hydrogens (primary N) is 1. The number of phosphoric acid groups is 1. The summed E-state index contributed by atoms with van der Waals surface area (Å²) in [6.07, 6.45) is 26.4. The van der Waals surface area contributed by atoms with Crippen molar-refractivity contribution in [3.63, 3.8) is 0 Å². The third kappa shape index (κ3) is 29.6. The maximum absolute atomic E-state index is 12.5. The Morgan fingerprint density at radius 2 is 1.09 bits per heavy atom. The Labute approximate surface area is 278 Å². The quantitative estimate of drug-likeness (QED) is 0.0265. The molecule has 0 bridgehead atoms. The highest BCUT2D eigenvalue weighted by Gasteiger charge is 2.28. The zero-order valence-electron chi connectivity index (χ0n) is 28.7. The van der Waals surface area contributed by atoms with Crippen LogP contribution in [0.5, 0.6) is 0 Å². The highest BCUT2D eigenvalue weighted by Crippen LogP contribution is 2.43. The molecular weight excluding hydrogens is 613 g/mol. The van der Waals surface area contributed by atoms with Gasteiger partial charge in [-0.3, -0.25) is 23.4 Å². The predicted octanol–water partition coefficient (Wildman–Crippen LogP) is 8.17. The average Bonchev–Trinajstić information content (AvgIpc) is 3.02. The second-order valence-corrected chi connectivity index (χ2v) is 13.5. The Bertz CT molecular complexity index is 854. The van der Waals surface area contributed by atoms with Crippen LogP contribution in [0.3, 0.4) is 0 Å². The van der Waals surface area contributed by atoms with Crippen molar-refractivity contribution in [3.05, 3.63) is 12.2 Å². The molecule has 0 saturated carbocycles. The van der Waals surface area contributed by atoms with Crippen molar-refractivity contribution in [2.24, 2.45) is 5.73 Å². The highest BCUT2D eigenvalue weighted by molar-refractivity contribution is 7.47. The number of carboxylic acid groups (broad SMARTS) is 1. The first kappa shape index (κ1) is 44.2. The van der Waals surface area contributed by atoms with Gasteiger partial charge in [-0.15, -0.1) is 0 Å². The number of unbranched alkanes of at least 4 members (excludes halogenated alkanes) is 17. The van der Waals surface area contributed by atoms with Crippen molar-refractivity contribution in [3.8, 4) is 0 Å². The number of aliphatic carboxylic acids is 1. The SMILES string of the molecule is CCCCCCCCC/C=C\CCCCCCCCCC(=O)OC(COC(=O)CCCCCC)COP(=O)(O)OCC(N)C(=O)O. The molecule has 0 heterocycles. The molecule has 11 nitrogen and oxygen atoms in total. The largest absolute Gasteiger partial charge is 0.480 e. The monoisotopic (exact) mass is 677 g/mol. The molecule has 0 radical (unpaired) electrons. The fourth-order valence-electron chi connectivity index (χ4n) is 4.65. The molecule has 0 saturated heterocycles. The van der Waals surface area contributed by atoms with E-state index in [1.807, 2.05) is 0 Å². The summed E-state index contributed by atoms with van der Waals surface area (Å²) >= 11 is 0. The molecular formula is C34H64NO10P. The number of carboxylic acids is 1. The predicted molar refractivity (Wildman–Crippen MR) is 180 cm³/mol. The second kappa shape index (κ2) is 30.5. The minimum atomic E-state index is -4.69. The number of ether oxygens (including phenoxy) is 2. The van der Waals surface area contributed by atoms with Gasteiger partial charge in [0.2, 0.25) is 0 Å². The van der Waals surface area contributed by atoms with E-state index < -0.39 is 51.1 Å². The number of hydrogen-bond donors (Lipinski definition) is 3. The number of esters is 2. The summed E-state index contributed by atoms with van der Waals surface area (Å²) in [5.41, 5.74) is 5.28. The number of phosphoric ester groups is 1. The molecule has 0 aliphatic heterocycles. The Hall–Kier alpha value is -1.78. The minimum absolute atomic E-state index is 0.158. The molecule has 0 amide bonds. The molecule has 0 rings (SSSR count). The maximum atomic E-state index is 12.5. The van der Waals surface area contributed by atoms with Crippen molar-refractivity contribution in [2.45, 2.75) is 167 Å². The molecule has 3 atom stereocenters. The Morgan fingerprint density at radius 1 is 0.652 bits per heavy atom. The molecule has 0 fully saturated rings. The Balaban J connectivity index is 4.25. The fraction of sp³-hybridized carbons (Fsp3) is 0.853. The first-order chi connectivity index (χ1) is 22.1. The minimum Gasteiger partial charge on any atom is -0.480 e. The van der Waals surface area contributed by atoms with Gasteiger partial charge in [0.15, 0.2) is 6.10 Å². The van der Waals surface area contributed by atoms with Crippen LogP contribution in [0.4, 0.5) is 0 Å². The van der Waals surface area contributed by atoms with E-state index in [1.54, 1.807) is 0 Å². The fourth-order valence-corrected chi connectivity index (χ4v) is 5.42. The van der Waals surface area contributed by atoms with Crippen LogP contribution in [-0.2, 0) is 37.5 Å². The first-order valence-electron chi connectivity index (χ1n) is 17.7. The summed E-state index contributed by atoms with van der Waals surface area (Å²) in [6, 6.07) is -1.52. The molecule has 4 N–H and O–H groups in total. The molecule has 0 aliphatic carbocycles. The summed E-state index contributed by atoms with van der Waals surface area (Å²) in [7, 11) is -4.69. The number of carbonyl (C=O) groups is 3. The van der Waals surface area contributed by atoms with Crippen LogP contribution >= 0.6 is 7.82 Å². The summed E-state index contributed by atoms with van der Waals surface area (Å²) in [5.74, 6) is -2.40. The van der Waals surface area contributed by atoms with Crippen molar-refractivity contribution in [1.82, 2.24) is 0 Å². The number of hydrogen-bond acceptors (Lipinski definition) is 9. The summed E-state index contributed by atoms with van der Waals surface area (Å²) in [4.78, 5) is 45.2.